The zero-order valence-corrected chi connectivity index (χ0v) is 13.8. The van der Waals surface area contributed by atoms with Crippen LogP contribution in [-0.2, 0) is 16.1 Å². The molecule has 0 aliphatic carbocycles. The smallest absolute Gasteiger partial charge is 0.223 e. The van der Waals surface area contributed by atoms with Gasteiger partial charge in [-0.15, -0.1) is 0 Å². The van der Waals surface area contributed by atoms with Crippen LogP contribution >= 0.6 is 15.9 Å². The largest absolute Gasteiger partial charge is 0.459 e. The van der Waals surface area contributed by atoms with E-state index >= 15 is 0 Å². The van der Waals surface area contributed by atoms with E-state index in [9.17, 15) is 4.79 Å². The van der Waals surface area contributed by atoms with Crippen molar-refractivity contribution in [2.75, 3.05) is 13.2 Å². The summed E-state index contributed by atoms with van der Waals surface area (Å²) in [5.74, 6) is 1.72. The number of furan rings is 1. The fourth-order valence-electron chi connectivity index (χ4n) is 2.52. The molecule has 2 heterocycles. The quantitative estimate of drug-likeness (QED) is 0.899. The third-order valence-corrected chi connectivity index (χ3v) is 4.35. The molecule has 0 radical (unpaired) electrons. The van der Waals surface area contributed by atoms with Crippen molar-refractivity contribution in [2.45, 2.75) is 19.4 Å². The lowest BCUT2D eigenvalue weighted by Crippen LogP contribution is -2.33. The Morgan fingerprint density at radius 3 is 2.59 bits per heavy atom. The molecular weight excluding hydrogens is 346 g/mol. The molecule has 1 amide bonds. The van der Waals surface area contributed by atoms with Crippen LogP contribution in [0.4, 0.5) is 0 Å². The molecule has 4 nitrogen and oxygen atoms in total. The van der Waals surface area contributed by atoms with Crippen molar-refractivity contribution in [3.63, 3.8) is 0 Å². The third kappa shape index (κ3) is 3.78. The SMILES string of the molecule is O=C(NCc1ccc(-c2ccc(Br)cc2)o1)C1CCOCC1. The van der Waals surface area contributed by atoms with Crippen LogP contribution in [0.5, 0.6) is 0 Å². The van der Waals surface area contributed by atoms with E-state index in [4.69, 9.17) is 9.15 Å². The minimum absolute atomic E-state index is 0.0645. The van der Waals surface area contributed by atoms with E-state index in [0.29, 0.717) is 19.8 Å². The van der Waals surface area contributed by atoms with E-state index in [1.807, 2.05) is 36.4 Å². The van der Waals surface area contributed by atoms with Crippen molar-refractivity contribution < 1.29 is 13.9 Å². The number of nitrogens with one attached hydrogen (secondary N) is 1. The Bertz CT molecular complexity index is 630. The summed E-state index contributed by atoms with van der Waals surface area (Å²) < 4.78 is 12.1. The van der Waals surface area contributed by atoms with Crippen LogP contribution in [0, 0.1) is 5.92 Å². The van der Waals surface area contributed by atoms with Crippen molar-refractivity contribution in [1.82, 2.24) is 5.32 Å². The van der Waals surface area contributed by atoms with Gasteiger partial charge in [0, 0.05) is 29.2 Å². The van der Waals surface area contributed by atoms with Gasteiger partial charge in [-0.2, -0.15) is 0 Å². The predicted molar refractivity (Wildman–Crippen MR) is 87.2 cm³/mol. The predicted octanol–water partition coefficient (Wildman–Crippen LogP) is 3.75. The first-order chi connectivity index (χ1) is 10.7. The highest BCUT2D eigenvalue weighted by Gasteiger charge is 2.21. The van der Waals surface area contributed by atoms with Gasteiger partial charge in [0.1, 0.15) is 11.5 Å². The van der Waals surface area contributed by atoms with E-state index in [1.165, 1.54) is 0 Å². The number of hydrogen-bond acceptors (Lipinski definition) is 3. The molecule has 5 heteroatoms. The Morgan fingerprint density at radius 2 is 1.86 bits per heavy atom. The van der Waals surface area contributed by atoms with Crippen LogP contribution < -0.4 is 5.32 Å². The Morgan fingerprint density at radius 1 is 1.14 bits per heavy atom. The van der Waals surface area contributed by atoms with Crippen molar-refractivity contribution >= 4 is 21.8 Å². The fraction of sp³-hybridized carbons (Fsp3) is 0.353. The molecule has 116 valence electrons. The normalized spacial score (nSPS) is 15.7. The lowest BCUT2D eigenvalue weighted by molar-refractivity contribution is -0.128. The monoisotopic (exact) mass is 363 g/mol. The minimum Gasteiger partial charge on any atom is -0.459 e. The van der Waals surface area contributed by atoms with Crippen LogP contribution in [0.3, 0.4) is 0 Å². The first-order valence-corrected chi connectivity index (χ1v) is 8.22. The van der Waals surface area contributed by atoms with Crippen LogP contribution in [0.1, 0.15) is 18.6 Å². The zero-order valence-electron chi connectivity index (χ0n) is 12.2. The number of hydrogen-bond donors (Lipinski definition) is 1. The van der Waals surface area contributed by atoms with E-state index in [1.54, 1.807) is 0 Å². The summed E-state index contributed by atoms with van der Waals surface area (Å²) in [7, 11) is 0. The van der Waals surface area contributed by atoms with Crippen LogP contribution in [0.25, 0.3) is 11.3 Å². The Labute approximate surface area is 138 Å². The second-order valence-electron chi connectivity index (χ2n) is 5.38. The van der Waals surface area contributed by atoms with Gasteiger partial charge in [-0.05, 0) is 37.1 Å². The molecular formula is C17H18BrNO3. The van der Waals surface area contributed by atoms with Gasteiger partial charge in [0.05, 0.1) is 6.54 Å². The highest BCUT2D eigenvalue weighted by molar-refractivity contribution is 9.10. The van der Waals surface area contributed by atoms with E-state index in [0.717, 1.165) is 34.4 Å². The molecule has 0 spiro atoms. The Hall–Kier alpha value is -1.59. The van der Waals surface area contributed by atoms with Crippen molar-refractivity contribution in [1.29, 1.82) is 0 Å². The Balaban J connectivity index is 1.57. The Kier molecular flexibility index (Phi) is 4.95. The molecule has 1 aliphatic rings. The number of halogens is 1. The van der Waals surface area contributed by atoms with Gasteiger partial charge in [0.15, 0.2) is 0 Å². The summed E-state index contributed by atoms with van der Waals surface area (Å²) >= 11 is 3.41. The highest BCUT2D eigenvalue weighted by Crippen LogP contribution is 2.24. The first kappa shape index (κ1) is 15.3. The molecule has 1 saturated heterocycles. The summed E-state index contributed by atoms with van der Waals surface area (Å²) in [6, 6.07) is 11.8. The molecule has 0 atom stereocenters. The lowest BCUT2D eigenvalue weighted by Gasteiger charge is -2.20. The van der Waals surface area contributed by atoms with Crippen LogP contribution in [0.15, 0.2) is 45.3 Å². The first-order valence-electron chi connectivity index (χ1n) is 7.42. The topological polar surface area (TPSA) is 51.5 Å². The van der Waals surface area contributed by atoms with Gasteiger partial charge in [-0.1, -0.05) is 28.1 Å². The van der Waals surface area contributed by atoms with E-state index < -0.39 is 0 Å². The maximum Gasteiger partial charge on any atom is 0.223 e. The molecule has 0 unspecified atom stereocenters. The number of benzene rings is 1. The highest BCUT2D eigenvalue weighted by atomic mass is 79.9. The van der Waals surface area contributed by atoms with Crippen LogP contribution in [0.2, 0.25) is 0 Å². The minimum atomic E-state index is 0.0645. The summed E-state index contributed by atoms with van der Waals surface area (Å²) in [5.41, 5.74) is 1.02. The van der Waals surface area contributed by atoms with Gasteiger partial charge in [0.25, 0.3) is 0 Å². The molecule has 3 rings (SSSR count). The summed E-state index contributed by atoms with van der Waals surface area (Å²) in [4.78, 5) is 12.1. The summed E-state index contributed by atoms with van der Waals surface area (Å²) in [6.45, 7) is 1.77. The maximum atomic E-state index is 12.1. The number of ether oxygens (including phenoxy) is 1. The van der Waals surface area contributed by atoms with Gasteiger partial charge in [-0.3, -0.25) is 4.79 Å². The molecule has 2 aromatic rings. The molecule has 1 aromatic carbocycles. The summed E-state index contributed by atoms with van der Waals surface area (Å²) in [6.07, 6.45) is 1.60. The molecule has 0 saturated carbocycles. The van der Waals surface area contributed by atoms with Gasteiger partial charge in [0.2, 0.25) is 5.91 Å². The van der Waals surface area contributed by atoms with Crippen molar-refractivity contribution in [3.8, 4) is 11.3 Å². The van der Waals surface area contributed by atoms with E-state index in [2.05, 4.69) is 21.2 Å². The molecule has 1 aromatic heterocycles. The van der Waals surface area contributed by atoms with E-state index in [-0.39, 0.29) is 11.8 Å². The number of amides is 1. The zero-order chi connectivity index (χ0) is 15.4. The molecule has 22 heavy (non-hydrogen) atoms. The number of carbonyl (C=O) groups excluding carboxylic acids is 1. The second kappa shape index (κ2) is 7.11. The molecule has 1 N–H and O–H groups in total. The number of rotatable bonds is 4. The van der Waals surface area contributed by atoms with Gasteiger partial charge < -0.3 is 14.5 Å². The molecule has 1 fully saturated rings. The summed E-state index contributed by atoms with van der Waals surface area (Å²) in [5, 5.41) is 2.95. The van der Waals surface area contributed by atoms with Crippen molar-refractivity contribution in [2.24, 2.45) is 5.92 Å². The fourth-order valence-corrected chi connectivity index (χ4v) is 2.78. The second-order valence-corrected chi connectivity index (χ2v) is 6.29. The van der Waals surface area contributed by atoms with Gasteiger partial charge >= 0.3 is 0 Å². The molecule has 0 bridgehead atoms. The maximum absolute atomic E-state index is 12.1. The van der Waals surface area contributed by atoms with Crippen LogP contribution in [-0.4, -0.2) is 19.1 Å². The number of carbonyl (C=O) groups is 1. The van der Waals surface area contributed by atoms with Gasteiger partial charge in [-0.25, -0.2) is 0 Å². The standard InChI is InChI=1S/C17H18BrNO3/c18-14-3-1-12(2-4-14)16-6-5-15(22-16)11-19-17(20)13-7-9-21-10-8-13/h1-6,13H,7-11H2,(H,19,20). The molecule has 1 aliphatic heterocycles. The average molecular weight is 364 g/mol. The lowest BCUT2D eigenvalue weighted by atomic mass is 9.99. The van der Waals surface area contributed by atoms with Crippen molar-refractivity contribution in [3.05, 3.63) is 46.6 Å². The average Bonchev–Trinajstić information content (AvgIpc) is 3.03. The third-order valence-electron chi connectivity index (χ3n) is 3.82.